The number of carbonyl (C=O) groups excluding carboxylic acids is 1. The number of hydrogen-bond acceptors (Lipinski definition) is 5. The number of tetrazole rings is 1. The van der Waals surface area contributed by atoms with Crippen LogP contribution in [0.15, 0.2) is 24.3 Å². The number of nitrogens with one attached hydrogen (secondary N) is 1. The number of ether oxygens (including phenoxy) is 1. The number of aromatic nitrogens is 4. The van der Waals surface area contributed by atoms with Gasteiger partial charge in [-0.3, -0.25) is 4.79 Å². The van der Waals surface area contributed by atoms with E-state index in [0.717, 1.165) is 11.3 Å². The predicted octanol–water partition coefficient (Wildman–Crippen LogP) is 0.873. The van der Waals surface area contributed by atoms with Crippen molar-refractivity contribution in [3.8, 4) is 17.1 Å². The SMILES string of the molecule is COc1cccc(-c2nnn(CC(=O)NC(C)C)n2)c1. The molecule has 0 atom stereocenters. The highest BCUT2D eigenvalue weighted by Crippen LogP contribution is 2.19. The van der Waals surface area contributed by atoms with Gasteiger partial charge in [0.05, 0.1) is 7.11 Å². The lowest BCUT2D eigenvalue weighted by atomic mass is 10.2. The summed E-state index contributed by atoms with van der Waals surface area (Å²) in [5.41, 5.74) is 0.792. The molecule has 1 aromatic carbocycles. The van der Waals surface area contributed by atoms with Crippen LogP contribution < -0.4 is 10.1 Å². The lowest BCUT2D eigenvalue weighted by Crippen LogP contribution is -2.33. The van der Waals surface area contributed by atoms with E-state index < -0.39 is 0 Å². The van der Waals surface area contributed by atoms with Crippen LogP contribution >= 0.6 is 0 Å². The summed E-state index contributed by atoms with van der Waals surface area (Å²) in [5.74, 6) is 1.03. The predicted molar refractivity (Wildman–Crippen MR) is 73.1 cm³/mol. The van der Waals surface area contributed by atoms with Crippen LogP contribution in [0.5, 0.6) is 5.75 Å². The molecule has 1 aromatic heterocycles. The largest absolute Gasteiger partial charge is 0.497 e. The summed E-state index contributed by atoms with van der Waals surface area (Å²) in [5, 5.41) is 14.8. The minimum atomic E-state index is -0.144. The maximum atomic E-state index is 11.6. The summed E-state index contributed by atoms with van der Waals surface area (Å²) >= 11 is 0. The first-order valence-corrected chi connectivity index (χ1v) is 6.30. The number of rotatable bonds is 5. The van der Waals surface area contributed by atoms with Crippen molar-refractivity contribution >= 4 is 5.91 Å². The summed E-state index contributed by atoms with van der Waals surface area (Å²) in [6, 6.07) is 7.45. The van der Waals surface area contributed by atoms with Crippen molar-refractivity contribution in [1.82, 2.24) is 25.5 Å². The van der Waals surface area contributed by atoms with E-state index in [-0.39, 0.29) is 18.5 Å². The maximum absolute atomic E-state index is 11.6. The molecule has 0 saturated heterocycles. The first kappa shape index (κ1) is 14.0. The van der Waals surface area contributed by atoms with Gasteiger partial charge in [-0.05, 0) is 31.2 Å². The molecular formula is C13H17N5O2. The van der Waals surface area contributed by atoms with Gasteiger partial charge in [-0.2, -0.15) is 4.80 Å². The Bertz CT molecular complexity index is 594. The zero-order valence-corrected chi connectivity index (χ0v) is 11.7. The molecule has 1 amide bonds. The molecule has 106 valence electrons. The third kappa shape index (κ3) is 3.53. The molecule has 0 aliphatic carbocycles. The van der Waals surface area contributed by atoms with E-state index in [4.69, 9.17) is 4.74 Å². The van der Waals surface area contributed by atoms with Crippen LogP contribution in [-0.2, 0) is 11.3 Å². The van der Waals surface area contributed by atoms with E-state index in [1.165, 1.54) is 4.80 Å². The third-order valence-corrected chi connectivity index (χ3v) is 2.52. The molecule has 0 aliphatic heterocycles. The highest BCUT2D eigenvalue weighted by Gasteiger charge is 2.10. The van der Waals surface area contributed by atoms with Crippen molar-refractivity contribution in [1.29, 1.82) is 0 Å². The minimum absolute atomic E-state index is 0.0507. The summed E-state index contributed by atoms with van der Waals surface area (Å²) < 4.78 is 5.14. The van der Waals surface area contributed by atoms with Crippen molar-refractivity contribution in [2.24, 2.45) is 0 Å². The number of amides is 1. The van der Waals surface area contributed by atoms with Gasteiger partial charge in [0, 0.05) is 11.6 Å². The van der Waals surface area contributed by atoms with Crippen LogP contribution in [0.1, 0.15) is 13.8 Å². The number of methoxy groups -OCH3 is 1. The molecule has 7 nitrogen and oxygen atoms in total. The molecular weight excluding hydrogens is 258 g/mol. The van der Waals surface area contributed by atoms with Gasteiger partial charge in [-0.1, -0.05) is 12.1 Å². The molecule has 20 heavy (non-hydrogen) atoms. The van der Waals surface area contributed by atoms with Gasteiger partial charge >= 0.3 is 0 Å². The van der Waals surface area contributed by atoms with E-state index in [2.05, 4.69) is 20.7 Å². The Morgan fingerprint density at radius 3 is 2.95 bits per heavy atom. The lowest BCUT2D eigenvalue weighted by Gasteiger charge is -2.06. The van der Waals surface area contributed by atoms with Crippen molar-refractivity contribution < 1.29 is 9.53 Å². The molecule has 1 N–H and O–H groups in total. The van der Waals surface area contributed by atoms with E-state index in [1.54, 1.807) is 7.11 Å². The van der Waals surface area contributed by atoms with E-state index in [1.807, 2.05) is 38.1 Å². The summed E-state index contributed by atoms with van der Waals surface area (Å²) in [6.07, 6.45) is 0. The zero-order valence-electron chi connectivity index (χ0n) is 11.7. The van der Waals surface area contributed by atoms with Crippen molar-refractivity contribution in [2.75, 3.05) is 7.11 Å². The molecule has 7 heteroatoms. The Morgan fingerprint density at radius 1 is 1.45 bits per heavy atom. The minimum Gasteiger partial charge on any atom is -0.497 e. The van der Waals surface area contributed by atoms with Gasteiger partial charge in [-0.15, -0.1) is 10.2 Å². The van der Waals surface area contributed by atoms with Crippen LogP contribution in [0, 0.1) is 0 Å². The fraction of sp³-hybridized carbons (Fsp3) is 0.385. The summed E-state index contributed by atoms with van der Waals surface area (Å²) in [4.78, 5) is 12.9. The number of hydrogen-bond donors (Lipinski definition) is 1. The molecule has 0 aliphatic rings. The Hall–Kier alpha value is -2.44. The molecule has 0 fully saturated rings. The standard InChI is InChI=1S/C13H17N5O2/c1-9(2)14-12(19)8-18-16-13(15-17-18)10-5-4-6-11(7-10)20-3/h4-7,9H,8H2,1-3H3,(H,14,19). The maximum Gasteiger partial charge on any atom is 0.243 e. The van der Waals surface area contributed by atoms with Crippen molar-refractivity contribution in [3.05, 3.63) is 24.3 Å². The molecule has 0 spiro atoms. The Morgan fingerprint density at radius 2 is 2.25 bits per heavy atom. The first-order valence-electron chi connectivity index (χ1n) is 6.30. The summed E-state index contributed by atoms with van der Waals surface area (Å²) in [6.45, 7) is 3.85. The van der Waals surface area contributed by atoms with Gasteiger partial charge in [0.2, 0.25) is 11.7 Å². The number of nitrogens with zero attached hydrogens (tertiary/aromatic N) is 4. The van der Waals surface area contributed by atoms with E-state index >= 15 is 0 Å². The van der Waals surface area contributed by atoms with Crippen LogP contribution in [0.3, 0.4) is 0 Å². The average molecular weight is 275 g/mol. The molecule has 0 saturated carbocycles. The average Bonchev–Trinajstić information content (AvgIpc) is 2.86. The molecule has 2 rings (SSSR count). The van der Waals surface area contributed by atoms with Crippen LogP contribution in [0.25, 0.3) is 11.4 Å². The highest BCUT2D eigenvalue weighted by atomic mass is 16.5. The molecule has 1 heterocycles. The quantitative estimate of drug-likeness (QED) is 0.875. The van der Waals surface area contributed by atoms with E-state index in [9.17, 15) is 4.79 Å². The Balaban J connectivity index is 2.10. The fourth-order valence-electron chi connectivity index (χ4n) is 1.68. The second-order valence-electron chi connectivity index (χ2n) is 4.60. The lowest BCUT2D eigenvalue weighted by molar-refractivity contribution is -0.122. The molecule has 0 bridgehead atoms. The van der Waals surface area contributed by atoms with Gasteiger partial charge in [0.25, 0.3) is 0 Å². The normalized spacial score (nSPS) is 10.6. The second-order valence-corrected chi connectivity index (χ2v) is 4.60. The Kier molecular flexibility index (Phi) is 4.29. The third-order valence-electron chi connectivity index (χ3n) is 2.52. The van der Waals surface area contributed by atoms with E-state index in [0.29, 0.717) is 5.82 Å². The number of carbonyl (C=O) groups is 1. The smallest absolute Gasteiger partial charge is 0.243 e. The topological polar surface area (TPSA) is 81.9 Å². The molecule has 2 aromatic rings. The van der Waals surface area contributed by atoms with Crippen LogP contribution in [0.4, 0.5) is 0 Å². The van der Waals surface area contributed by atoms with Crippen molar-refractivity contribution in [3.63, 3.8) is 0 Å². The monoisotopic (exact) mass is 275 g/mol. The van der Waals surface area contributed by atoms with Gasteiger partial charge in [0.1, 0.15) is 12.3 Å². The van der Waals surface area contributed by atoms with Crippen LogP contribution in [-0.4, -0.2) is 39.3 Å². The Labute approximate surface area is 116 Å². The fourth-order valence-corrected chi connectivity index (χ4v) is 1.68. The second kappa shape index (κ2) is 6.14. The van der Waals surface area contributed by atoms with Crippen molar-refractivity contribution in [2.45, 2.75) is 26.4 Å². The summed E-state index contributed by atoms with van der Waals surface area (Å²) in [7, 11) is 1.60. The van der Waals surface area contributed by atoms with Gasteiger partial charge in [-0.25, -0.2) is 0 Å². The highest BCUT2D eigenvalue weighted by molar-refractivity contribution is 5.75. The first-order chi connectivity index (χ1) is 9.58. The molecule has 0 radical (unpaired) electrons. The van der Waals surface area contributed by atoms with Crippen LogP contribution in [0.2, 0.25) is 0 Å². The molecule has 0 unspecified atom stereocenters. The van der Waals surface area contributed by atoms with Gasteiger partial charge in [0.15, 0.2) is 0 Å². The van der Waals surface area contributed by atoms with Gasteiger partial charge < -0.3 is 10.1 Å². The number of benzene rings is 1. The zero-order chi connectivity index (χ0) is 14.5.